The van der Waals surface area contributed by atoms with E-state index in [1.807, 2.05) is 48.5 Å². The number of benzene rings is 2. The van der Waals surface area contributed by atoms with Gasteiger partial charge in [0.1, 0.15) is 11.3 Å². The molecule has 3 heteroatoms. The molecule has 0 bridgehead atoms. The minimum absolute atomic E-state index is 0.652. The van der Waals surface area contributed by atoms with Crippen LogP contribution in [-0.2, 0) is 0 Å². The highest BCUT2D eigenvalue weighted by molar-refractivity contribution is 5.81. The molecule has 0 aliphatic rings. The molecule has 0 aliphatic heterocycles. The van der Waals surface area contributed by atoms with Gasteiger partial charge in [0.15, 0.2) is 5.58 Å². The minimum atomic E-state index is 0.652. The molecule has 0 aliphatic carbocycles. The van der Waals surface area contributed by atoms with Gasteiger partial charge in [-0.25, -0.2) is 4.98 Å². The number of nitrogens with zero attached hydrogens (tertiary/aromatic N) is 1. The molecule has 2 aromatic heterocycles. The van der Waals surface area contributed by atoms with Crippen LogP contribution in [-0.4, -0.2) is 4.98 Å². The van der Waals surface area contributed by atoms with Gasteiger partial charge in [0, 0.05) is 11.1 Å². The molecule has 4 aromatic rings. The molecule has 0 unspecified atom stereocenters. The van der Waals surface area contributed by atoms with Crippen molar-refractivity contribution in [3.63, 3.8) is 0 Å². The molecule has 0 radical (unpaired) electrons. The molecule has 0 saturated heterocycles. The van der Waals surface area contributed by atoms with Gasteiger partial charge in [-0.15, -0.1) is 0 Å². The quantitative estimate of drug-likeness (QED) is 0.513. The van der Waals surface area contributed by atoms with Gasteiger partial charge in [0.25, 0.3) is 0 Å². The number of hydrogen-bond acceptors (Lipinski definition) is 3. The number of aromatic nitrogens is 1. The zero-order valence-electron chi connectivity index (χ0n) is 11.5. The van der Waals surface area contributed by atoms with E-state index in [2.05, 4.69) is 18.0 Å². The molecule has 102 valence electrons. The second-order valence-corrected chi connectivity index (χ2v) is 4.99. The van der Waals surface area contributed by atoms with Crippen molar-refractivity contribution in [3.05, 3.63) is 66.4 Å². The summed E-state index contributed by atoms with van der Waals surface area (Å²) in [5.41, 5.74) is 4.77. The van der Waals surface area contributed by atoms with Crippen LogP contribution in [0.4, 0.5) is 0 Å². The fourth-order valence-electron chi connectivity index (χ4n) is 2.45. The molecule has 21 heavy (non-hydrogen) atoms. The van der Waals surface area contributed by atoms with Gasteiger partial charge in [-0.3, -0.25) is 0 Å². The second kappa shape index (κ2) is 4.63. The smallest absolute Gasteiger partial charge is 0.227 e. The van der Waals surface area contributed by atoms with Crippen molar-refractivity contribution in [1.82, 2.24) is 4.98 Å². The maximum Gasteiger partial charge on any atom is 0.227 e. The predicted octanol–water partition coefficient (Wildman–Crippen LogP) is 5.06. The number of fused-ring (bicyclic) bond motifs is 1. The fraction of sp³-hybridized carbons (Fsp3) is 0.0556. The van der Waals surface area contributed by atoms with Crippen LogP contribution >= 0.6 is 0 Å². The molecule has 0 fully saturated rings. The largest absolute Gasteiger partial charge is 0.464 e. The van der Waals surface area contributed by atoms with Crippen molar-refractivity contribution in [2.75, 3.05) is 0 Å². The fourth-order valence-corrected chi connectivity index (χ4v) is 2.45. The van der Waals surface area contributed by atoms with Crippen LogP contribution in [0.15, 0.2) is 69.7 Å². The number of aryl methyl sites for hydroxylation is 1. The molecule has 2 heterocycles. The zero-order valence-corrected chi connectivity index (χ0v) is 11.5. The monoisotopic (exact) mass is 275 g/mol. The molecule has 0 saturated carbocycles. The first-order valence-electron chi connectivity index (χ1n) is 6.82. The lowest BCUT2D eigenvalue weighted by molar-refractivity contribution is 0.581. The summed E-state index contributed by atoms with van der Waals surface area (Å²) >= 11 is 0. The Morgan fingerprint density at radius 1 is 0.952 bits per heavy atom. The van der Waals surface area contributed by atoms with Gasteiger partial charge in [0.2, 0.25) is 5.89 Å². The van der Waals surface area contributed by atoms with Crippen molar-refractivity contribution < 1.29 is 8.83 Å². The third-order valence-corrected chi connectivity index (χ3v) is 3.57. The molecule has 0 atom stereocenters. The lowest BCUT2D eigenvalue weighted by Crippen LogP contribution is -1.81. The number of hydrogen-bond donors (Lipinski definition) is 0. The van der Waals surface area contributed by atoms with Crippen LogP contribution in [0.1, 0.15) is 5.56 Å². The first-order valence-corrected chi connectivity index (χ1v) is 6.82. The summed E-state index contributed by atoms with van der Waals surface area (Å²) in [6, 6.07) is 17.8. The Kier molecular flexibility index (Phi) is 2.64. The highest BCUT2D eigenvalue weighted by Gasteiger charge is 2.11. The van der Waals surface area contributed by atoms with Crippen LogP contribution in [0.3, 0.4) is 0 Å². The van der Waals surface area contributed by atoms with Crippen LogP contribution in [0, 0.1) is 6.92 Å². The average Bonchev–Trinajstić information content (AvgIpc) is 3.16. The van der Waals surface area contributed by atoms with Crippen molar-refractivity contribution in [2.45, 2.75) is 6.92 Å². The summed E-state index contributed by atoms with van der Waals surface area (Å²) in [7, 11) is 0. The van der Waals surface area contributed by atoms with E-state index in [4.69, 9.17) is 8.83 Å². The topological polar surface area (TPSA) is 39.2 Å². The van der Waals surface area contributed by atoms with Crippen molar-refractivity contribution in [3.8, 4) is 22.8 Å². The van der Waals surface area contributed by atoms with Gasteiger partial charge < -0.3 is 8.83 Å². The Labute approximate surface area is 121 Å². The van der Waals surface area contributed by atoms with Crippen LogP contribution in [0.5, 0.6) is 0 Å². The van der Waals surface area contributed by atoms with Gasteiger partial charge >= 0.3 is 0 Å². The van der Waals surface area contributed by atoms with E-state index in [9.17, 15) is 0 Å². The first kappa shape index (κ1) is 12.0. The Bertz CT molecular complexity index is 904. The Hall–Kier alpha value is -2.81. The Balaban J connectivity index is 1.85. The maximum atomic E-state index is 5.92. The number of oxazole rings is 1. The predicted molar refractivity (Wildman–Crippen MR) is 81.9 cm³/mol. The van der Waals surface area contributed by atoms with Crippen LogP contribution in [0.2, 0.25) is 0 Å². The molecular weight excluding hydrogens is 262 g/mol. The Morgan fingerprint density at radius 3 is 2.67 bits per heavy atom. The molecular formula is C18H13NO2. The normalized spacial score (nSPS) is 11.1. The van der Waals surface area contributed by atoms with E-state index in [0.29, 0.717) is 5.89 Å². The first-order chi connectivity index (χ1) is 10.3. The lowest BCUT2D eigenvalue weighted by Gasteiger charge is -1.98. The maximum absolute atomic E-state index is 5.92. The Morgan fingerprint density at radius 2 is 1.86 bits per heavy atom. The van der Waals surface area contributed by atoms with E-state index < -0.39 is 0 Å². The zero-order chi connectivity index (χ0) is 14.2. The van der Waals surface area contributed by atoms with E-state index >= 15 is 0 Å². The van der Waals surface area contributed by atoms with Gasteiger partial charge in [-0.2, -0.15) is 0 Å². The number of rotatable bonds is 2. The van der Waals surface area contributed by atoms with Gasteiger partial charge in [-0.05, 0) is 48.9 Å². The van der Waals surface area contributed by atoms with Gasteiger partial charge in [-0.1, -0.05) is 18.2 Å². The minimum Gasteiger partial charge on any atom is -0.464 e. The van der Waals surface area contributed by atoms with Crippen molar-refractivity contribution in [1.29, 1.82) is 0 Å². The second-order valence-electron chi connectivity index (χ2n) is 4.99. The van der Waals surface area contributed by atoms with E-state index in [0.717, 1.165) is 33.6 Å². The highest BCUT2D eigenvalue weighted by Crippen LogP contribution is 2.29. The van der Waals surface area contributed by atoms with E-state index in [1.165, 1.54) is 0 Å². The summed E-state index contributed by atoms with van der Waals surface area (Å²) in [6.07, 6.45) is 1.67. The SMILES string of the molecule is Cc1ccccc1-c1nc2ccc(-c3ccco3)cc2o1. The molecule has 0 amide bonds. The molecule has 2 aromatic carbocycles. The summed E-state index contributed by atoms with van der Waals surface area (Å²) < 4.78 is 11.3. The molecule has 0 N–H and O–H groups in total. The standard InChI is InChI=1S/C18H13NO2/c1-12-5-2-3-6-14(12)18-19-15-9-8-13(11-17(15)21-18)16-7-4-10-20-16/h2-11H,1H3. The lowest BCUT2D eigenvalue weighted by atomic mass is 10.1. The molecule has 0 spiro atoms. The van der Waals surface area contributed by atoms with Crippen molar-refractivity contribution in [2.24, 2.45) is 0 Å². The summed E-state index contributed by atoms with van der Waals surface area (Å²) in [5.74, 6) is 1.48. The van der Waals surface area contributed by atoms with Gasteiger partial charge in [0.05, 0.1) is 6.26 Å². The van der Waals surface area contributed by atoms with Crippen molar-refractivity contribution >= 4 is 11.1 Å². The third kappa shape index (κ3) is 2.03. The molecule has 3 nitrogen and oxygen atoms in total. The number of furan rings is 1. The third-order valence-electron chi connectivity index (χ3n) is 3.57. The summed E-state index contributed by atoms with van der Waals surface area (Å²) in [6.45, 7) is 2.05. The molecule has 4 rings (SSSR count). The van der Waals surface area contributed by atoms with E-state index in [1.54, 1.807) is 6.26 Å². The van der Waals surface area contributed by atoms with Crippen LogP contribution in [0.25, 0.3) is 33.9 Å². The average molecular weight is 275 g/mol. The summed E-state index contributed by atoms with van der Waals surface area (Å²) in [5, 5.41) is 0. The highest BCUT2D eigenvalue weighted by atomic mass is 16.3. The van der Waals surface area contributed by atoms with E-state index in [-0.39, 0.29) is 0 Å². The summed E-state index contributed by atoms with van der Waals surface area (Å²) in [4.78, 5) is 4.57. The van der Waals surface area contributed by atoms with Crippen LogP contribution < -0.4 is 0 Å².